The Morgan fingerprint density at radius 2 is 1.54 bits per heavy atom. The molecule has 0 atom stereocenters. The lowest BCUT2D eigenvalue weighted by atomic mass is 10.0. The van der Waals surface area contributed by atoms with Crippen molar-refractivity contribution in [2.75, 3.05) is 26.6 Å². The van der Waals surface area contributed by atoms with Gasteiger partial charge in [0.2, 0.25) is 11.7 Å². The number of rotatable bonds is 7. The van der Waals surface area contributed by atoms with Gasteiger partial charge in [0.25, 0.3) is 0 Å². The Morgan fingerprint density at radius 1 is 0.962 bits per heavy atom. The molecule has 1 amide bonds. The van der Waals surface area contributed by atoms with Gasteiger partial charge in [-0.25, -0.2) is 0 Å². The normalized spacial score (nSPS) is 10.8. The molecule has 0 bridgehead atoms. The average molecular weight is 355 g/mol. The first-order valence-electron chi connectivity index (χ1n) is 8.37. The number of hydrogen-bond acceptors (Lipinski definition) is 4. The minimum atomic E-state index is -0.243. The Kier molecular flexibility index (Phi) is 6.67. The van der Waals surface area contributed by atoms with Crippen LogP contribution >= 0.6 is 0 Å². The van der Waals surface area contributed by atoms with Gasteiger partial charge in [0.05, 0.1) is 21.3 Å². The fourth-order valence-electron chi connectivity index (χ4n) is 2.50. The monoisotopic (exact) mass is 355 g/mol. The Hall–Kier alpha value is -2.95. The summed E-state index contributed by atoms with van der Waals surface area (Å²) >= 11 is 0. The second-order valence-electron chi connectivity index (χ2n) is 6.06. The van der Waals surface area contributed by atoms with Crippen LogP contribution in [0.2, 0.25) is 0 Å². The molecule has 5 heteroatoms. The van der Waals surface area contributed by atoms with Crippen molar-refractivity contribution in [1.82, 2.24) is 0 Å². The molecule has 0 aliphatic heterocycles. The maximum absolute atomic E-state index is 12.2. The zero-order valence-corrected chi connectivity index (χ0v) is 15.8. The maximum Gasteiger partial charge on any atom is 0.248 e. The van der Waals surface area contributed by atoms with E-state index in [9.17, 15) is 4.79 Å². The predicted octanol–water partition coefficient (Wildman–Crippen LogP) is 4.49. The summed E-state index contributed by atoms with van der Waals surface area (Å²) in [6.45, 7) is 4.30. The summed E-state index contributed by atoms with van der Waals surface area (Å²) in [5.74, 6) is 1.68. The molecular weight excluding hydrogens is 330 g/mol. The van der Waals surface area contributed by atoms with Crippen LogP contribution in [0.15, 0.2) is 42.5 Å². The first-order valence-corrected chi connectivity index (χ1v) is 8.37. The summed E-state index contributed by atoms with van der Waals surface area (Å²) in [6, 6.07) is 11.5. The van der Waals surface area contributed by atoms with E-state index in [-0.39, 0.29) is 5.91 Å². The van der Waals surface area contributed by atoms with Crippen molar-refractivity contribution in [2.24, 2.45) is 0 Å². The van der Waals surface area contributed by atoms with Crippen molar-refractivity contribution >= 4 is 17.7 Å². The van der Waals surface area contributed by atoms with Crippen LogP contribution in [0, 0.1) is 0 Å². The molecule has 5 nitrogen and oxygen atoms in total. The minimum Gasteiger partial charge on any atom is -0.493 e. The number of nitrogens with one attached hydrogen (secondary N) is 1. The minimum absolute atomic E-state index is 0.243. The summed E-state index contributed by atoms with van der Waals surface area (Å²) in [5.41, 5.74) is 2.79. The molecule has 0 heterocycles. The van der Waals surface area contributed by atoms with E-state index >= 15 is 0 Å². The van der Waals surface area contributed by atoms with Crippen LogP contribution in [0.25, 0.3) is 6.08 Å². The summed E-state index contributed by atoms with van der Waals surface area (Å²) < 4.78 is 15.8. The fraction of sp³-hybridized carbons (Fsp3) is 0.286. The molecule has 0 aromatic heterocycles. The molecule has 0 fully saturated rings. The third-order valence-electron chi connectivity index (χ3n) is 3.96. The molecule has 2 aromatic rings. The second-order valence-corrected chi connectivity index (χ2v) is 6.06. The molecule has 0 radical (unpaired) electrons. The van der Waals surface area contributed by atoms with Crippen molar-refractivity contribution in [3.05, 3.63) is 53.6 Å². The van der Waals surface area contributed by atoms with Crippen LogP contribution in [0.4, 0.5) is 5.69 Å². The summed E-state index contributed by atoms with van der Waals surface area (Å²) in [5, 5.41) is 2.80. The van der Waals surface area contributed by atoms with Crippen LogP contribution < -0.4 is 19.5 Å². The Labute approximate surface area is 154 Å². The SMILES string of the molecule is COc1cc(NC(=O)/C=C/c2ccc(C(C)C)cc2)cc(OC)c1OC. The van der Waals surface area contributed by atoms with Crippen LogP contribution in [0.1, 0.15) is 30.9 Å². The Bertz CT molecular complexity index is 754. The third-order valence-corrected chi connectivity index (χ3v) is 3.96. The molecule has 1 N–H and O–H groups in total. The first-order chi connectivity index (χ1) is 12.5. The van der Waals surface area contributed by atoms with Gasteiger partial charge in [-0.05, 0) is 23.1 Å². The van der Waals surface area contributed by atoms with E-state index < -0.39 is 0 Å². The second kappa shape index (κ2) is 8.94. The summed E-state index contributed by atoms with van der Waals surface area (Å²) in [6.07, 6.45) is 3.27. The molecule has 26 heavy (non-hydrogen) atoms. The zero-order valence-electron chi connectivity index (χ0n) is 15.8. The number of methoxy groups -OCH3 is 3. The molecular formula is C21H25NO4. The van der Waals surface area contributed by atoms with E-state index in [1.807, 2.05) is 12.1 Å². The lowest BCUT2D eigenvalue weighted by Gasteiger charge is -2.14. The molecule has 0 aliphatic rings. The molecule has 0 aliphatic carbocycles. The average Bonchev–Trinajstić information content (AvgIpc) is 2.65. The highest BCUT2D eigenvalue weighted by molar-refractivity contribution is 6.02. The number of anilines is 1. The van der Waals surface area contributed by atoms with Crippen LogP contribution in [-0.2, 0) is 4.79 Å². The van der Waals surface area contributed by atoms with Gasteiger partial charge in [-0.1, -0.05) is 38.1 Å². The molecule has 0 unspecified atom stereocenters. The molecule has 138 valence electrons. The van der Waals surface area contributed by atoms with Gasteiger partial charge in [0, 0.05) is 23.9 Å². The number of ether oxygens (including phenoxy) is 3. The van der Waals surface area contributed by atoms with Gasteiger partial charge in [-0.2, -0.15) is 0 Å². The molecule has 2 rings (SSSR count). The van der Waals surface area contributed by atoms with Crippen LogP contribution in [0.5, 0.6) is 17.2 Å². The fourth-order valence-corrected chi connectivity index (χ4v) is 2.50. The smallest absolute Gasteiger partial charge is 0.248 e. The van der Waals surface area contributed by atoms with E-state index in [0.29, 0.717) is 28.9 Å². The van der Waals surface area contributed by atoms with Gasteiger partial charge >= 0.3 is 0 Å². The van der Waals surface area contributed by atoms with E-state index in [2.05, 4.69) is 31.3 Å². The van der Waals surface area contributed by atoms with Crippen LogP contribution in [-0.4, -0.2) is 27.2 Å². The van der Waals surface area contributed by atoms with Gasteiger partial charge in [0.1, 0.15) is 0 Å². The highest BCUT2D eigenvalue weighted by Crippen LogP contribution is 2.39. The van der Waals surface area contributed by atoms with Crippen LogP contribution in [0.3, 0.4) is 0 Å². The van der Waals surface area contributed by atoms with E-state index in [4.69, 9.17) is 14.2 Å². The number of amides is 1. The van der Waals surface area contributed by atoms with Crippen molar-refractivity contribution in [3.63, 3.8) is 0 Å². The Morgan fingerprint density at radius 3 is 2.00 bits per heavy atom. The molecule has 2 aromatic carbocycles. The van der Waals surface area contributed by atoms with Crippen molar-refractivity contribution < 1.29 is 19.0 Å². The predicted molar refractivity (Wildman–Crippen MR) is 104 cm³/mol. The van der Waals surface area contributed by atoms with Gasteiger partial charge in [0.15, 0.2) is 11.5 Å². The highest BCUT2D eigenvalue weighted by atomic mass is 16.5. The van der Waals surface area contributed by atoms with Gasteiger partial charge in [-0.3, -0.25) is 4.79 Å². The number of benzene rings is 2. The molecule has 0 saturated carbocycles. The standard InChI is InChI=1S/C21H25NO4/c1-14(2)16-9-6-15(7-10-16)8-11-20(23)22-17-12-18(24-3)21(26-5)19(13-17)25-4/h6-14H,1-5H3,(H,22,23)/b11-8+. The molecule has 0 spiro atoms. The van der Waals surface area contributed by atoms with Gasteiger partial charge in [-0.15, -0.1) is 0 Å². The van der Waals surface area contributed by atoms with Crippen molar-refractivity contribution in [2.45, 2.75) is 19.8 Å². The first kappa shape index (κ1) is 19.4. The number of hydrogen-bond donors (Lipinski definition) is 1. The maximum atomic E-state index is 12.2. The lowest BCUT2D eigenvalue weighted by Crippen LogP contribution is -2.08. The summed E-state index contributed by atoms with van der Waals surface area (Å²) in [4.78, 5) is 12.2. The number of carbonyl (C=O) groups is 1. The van der Waals surface area contributed by atoms with Crippen molar-refractivity contribution in [3.8, 4) is 17.2 Å². The summed E-state index contributed by atoms with van der Waals surface area (Å²) in [7, 11) is 4.60. The Balaban J connectivity index is 2.11. The van der Waals surface area contributed by atoms with Crippen molar-refractivity contribution in [1.29, 1.82) is 0 Å². The third kappa shape index (κ3) is 4.79. The van der Waals surface area contributed by atoms with E-state index in [1.54, 1.807) is 18.2 Å². The van der Waals surface area contributed by atoms with E-state index in [1.165, 1.54) is 33.0 Å². The topological polar surface area (TPSA) is 56.8 Å². The highest BCUT2D eigenvalue weighted by Gasteiger charge is 2.13. The lowest BCUT2D eigenvalue weighted by molar-refractivity contribution is -0.111. The van der Waals surface area contributed by atoms with Gasteiger partial charge < -0.3 is 19.5 Å². The zero-order chi connectivity index (χ0) is 19.1. The van der Waals surface area contributed by atoms with E-state index in [0.717, 1.165) is 5.56 Å². The quantitative estimate of drug-likeness (QED) is 0.744. The molecule has 0 saturated heterocycles. The number of carbonyl (C=O) groups excluding carboxylic acids is 1. The largest absolute Gasteiger partial charge is 0.493 e.